The van der Waals surface area contributed by atoms with Crippen molar-refractivity contribution in [1.82, 2.24) is 4.90 Å². The Hall–Kier alpha value is -3.12. The second-order valence-corrected chi connectivity index (χ2v) is 9.02. The van der Waals surface area contributed by atoms with Crippen LogP contribution in [-0.2, 0) is 20.8 Å². The summed E-state index contributed by atoms with van der Waals surface area (Å²) in [4.78, 5) is 41.5. The van der Waals surface area contributed by atoms with Gasteiger partial charge in [-0.25, -0.2) is 0 Å². The number of carbonyl (C=O) groups excluding carboxylic acids is 3. The summed E-state index contributed by atoms with van der Waals surface area (Å²) in [5.74, 6) is -1.04. The third kappa shape index (κ3) is 3.39. The van der Waals surface area contributed by atoms with E-state index in [1.165, 1.54) is 12.0 Å². The van der Waals surface area contributed by atoms with E-state index in [0.29, 0.717) is 16.5 Å². The molecule has 0 spiro atoms. The average Bonchev–Trinajstić information content (AvgIpc) is 3.47. The van der Waals surface area contributed by atoms with Crippen LogP contribution in [0.3, 0.4) is 0 Å². The fourth-order valence-electron chi connectivity index (χ4n) is 5.37. The number of likely N-dealkylation sites (tertiary alicyclic amines) is 1. The lowest BCUT2D eigenvalue weighted by molar-refractivity contribution is -0.147. The molecule has 5 rings (SSSR count). The topological polar surface area (TPSA) is 75.7 Å². The number of amides is 3. The van der Waals surface area contributed by atoms with E-state index in [1.807, 2.05) is 42.5 Å². The molecule has 1 saturated carbocycles. The lowest BCUT2D eigenvalue weighted by Gasteiger charge is -2.27. The Balaban J connectivity index is 1.48. The molecular formula is C25H23ClN2O4. The number of benzene rings is 2. The smallest absolute Gasteiger partial charge is 0.248 e. The molecule has 1 N–H and O–H groups in total. The van der Waals surface area contributed by atoms with Crippen LogP contribution in [0.2, 0.25) is 5.02 Å². The van der Waals surface area contributed by atoms with Crippen LogP contribution in [0, 0.1) is 23.7 Å². The number of carbonyl (C=O) groups is 3. The Labute approximate surface area is 191 Å². The summed E-state index contributed by atoms with van der Waals surface area (Å²) in [5.41, 5.74) is 1.26. The van der Waals surface area contributed by atoms with Crippen LogP contribution >= 0.6 is 11.6 Å². The fourth-order valence-corrected chi connectivity index (χ4v) is 5.54. The molecule has 7 heteroatoms. The monoisotopic (exact) mass is 450 g/mol. The van der Waals surface area contributed by atoms with Gasteiger partial charge in [-0.2, -0.15) is 0 Å². The molecule has 0 aromatic heterocycles. The van der Waals surface area contributed by atoms with Crippen LogP contribution < -0.4 is 10.1 Å². The van der Waals surface area contributed by atoms with E-state index in [9.17, 15) is 14.4 Å². The van der Waals surface area contributed by atoms with Crippen molar-refractivity contribution in [2.45, 2.75) is 18.9 Å². The maximum Gasteiger partial charge on any atom is 0.248 e. The Kier molecular flexibility index (Phi) is 5.25. The highest BCUT2D eigenvalue weighted by Gasteiger charge is 2.61. The Morgan fingerprint density at radius 1 is 1.09 bits per heavy atom. The molecule has 3 aliphatic rings. The zero-order valence-corrected chi connectivity index (χ0v) is 18.3. The minimum Gasteiger partial charge on any atom is -0.495 e. The molecule has 3 amide bonds. The van der Waals surface area contributed by atoms with E-state index in [2.05, 4.69) is 5.32 Å². The van der Waals surface area contributed by atoms with Gasteiger partial charge in [0.15, 0.2) is 0 Å². The van der Waals surface area contributed by atoms with Gasteiger partial charge in [0.05, 0.1) is 24.6 Å². The molecule has 2 aromatic carbocycles. The molecule has 6 nitrogen and oxygen atoms in total. The second-order valence-electron chi connectivity index (χ2n) is 8.59. The molecule has 2 aromatic rings. The zero-order chi connectivity index (χ0) is 22.4. The van der Waals surface area contributed by atoms with Gasteiger partial charge in [0.2, 0.25) is 17.7 Å². The predicted molar refractivity (Wildman–Crippen MR) is 120 cm³/mol. The summed E-state index contributed by atoms with van der Waals surface area (Å²) in [6, 6.07) is 13.3. The van der Waals surface area contributed by atoms with Gasteiger partial charge in [0.25, 0.3) is 0 Å². The van der Waals surface area contributed by atoms with Crippen molar-refractivity contribution in [1.29, 1.82) is 0 Å². The van der Waals surface area contributed by atoms with Crippen molar-refractivity contribution in [3.05, 3.63) is 71.3 Å². The summed E-state index contributed by atoms with van der Waals surface area (Å²) in [5, 5.41) is 3.27. The number of nitrogens with zero attached hydrogens (tertiary/aromatic N) is 1. The van der Waals surface area contributed by atoms with Crippen molar-refractivity contribution in [2.24, 2.45) is 23.7 Å². The summed E-state index contributed by atoms with van der Waals surface area (Å²) >= 11 is 6.11. The number of halogens is 1. The quantitative estimate of drug-likeness (QED) is 0.537. The highest BCUT2D eigenvalue weighted by atomic mass is 35.5. The molecule has 1 saturated heterocycles. The van der Waals surface area contributed by atoms with Crippen molar-refractivity contribution in [3.8, 4) is 5.75 Å². The van der Waals surface area contributed by atoms with Gasteiger partial charge in [-0.3, -0.25) is 19.3 Å². The number of fused-ring (bicyclic) bond motifs is 5. The van der Waals surface area contributed by atoms with Gasteiger partial charge in [-0.05, 0) is 42.0 Å². The minimum absolute atomic E-state index is 0.0833. The molecular weight excluding hydrogens is 428 g/mol. The Morgan fingerprint density at radius 2 is 1.75 bits per heavy atom. The van der Waals surface area contributed by atoms with Crippen LogP contribution in [0.1, 0.15) is 12.0 Å². The standard InChI is InChI=1S/C25H23ClN2O4/c1-32-20-10-9-17(26)13-18(20)27-23(29)19(11-14-5-3-2-4-6-14)28-24(30)21-15-7-8-16(12-15)22(21)25(28)31/h2-10,13,15-16,19,21-22H,11-12H2,1H3,(H,27,29)/t15-,16+,19-,21-,22-/m0/s1. The highest BCUT2D eigenvalue weighted by molar-refractivity contribution is 6.31. The zero-order valence-electron chi connectivity index (χ0n) is 17.5. The molecule has 0 unspecified atom stereocenters. The summed E-state index contributed by atoms with van der Waals surface area (Å²) in [7, 11) is 1.50. The van der Waals surface area contributed by atoms with Crippen LogP contribution in [0.4, 0.5) is 5.69 Å². The number of allylic oxidation sites excluding steroid dienone is 2. The van der Waals surface area contributed by atoms with Gasteiger partial charge >= 0.3 is 0 Å². The lowest BCUT2D eigenvalue weighted by Crippen LogP contribution is -2.49. The number of rotatable bonds is 6. The molecule has 2 aliphatic carbocycles. The van der Waals surface area contributed by atoms with Gasteiger partial charge in [-0.15, -0.1) is 0 Å². The first-order valence-electron chi connectivity index (χ1n) is 10.7. The Bertz CT molecular complexity index is 1090. The number of anilines is 1. The summed E-state index contributed by atoms with van der Waals surface area (Å²) in [6.45, 7) is 0. The van der Waals surface area contributed by atoms with Gasteiger partial charge in [0.1, 0.15) is 11.8 Å². The molecule has 32 heavy (non-hydrogen) atoms. The second kappa shape index (κ2) is 8.10. The van der Waals surface area contributed by atoms with E-state index in [-0.39, 0.29) is 41.9 Å². The number of imide groups is 1. The number of hydrogen-bond donors (Lipinski definition) is 1. The highest BCUT2D eigenvalue weighted by Crippen LogP contribution is 2.53. The number of ether oxygens (including phenoxy) is 1. The predicted octanol–water partition coefficient (Wildman–Crippen LogP) is 3.71. The fraction of sp³-hybridized carbons (Fsp3) is 0.320. The normalized spacial score (nSPS) is 26.4. The number of nitrogens with one attached hydrogen (secondary N) is 1. The summed E-state index contributed by atoms with van der Waals surface area (Å²) in [6.07, 6.45) is 5.17. The van der Waals surface area contributed by atoms with E-state index in [4.69, 9.17) is 16.3 Å². The SMILES string of the molecule is COc1ccc(Cl)cc1NC(=O)[C@H](Cc1ccccc1)N1C(=O)[C@@H]2[C@@H](C1=O)[C@H]1C=C[C@@H]2C1. The first-order chi connectivity index (χ1) is 15.5. The molecule has 1 aliphatic heterocycles. The largest absolute Gasteiger partial charge is 0.495 e. The molecule has 5 atom stereocenters. The molecule has 1 heterocycles. The molecule has 2 fully saturated rings. The molecule has 0 radical (unpaired) electrons. The van der Waals surface area contributed by atoms with Gasteiger partial charge in [-0.1, -0.05) is 54.1 Å². The lowest BCUT2D eigenvalue weighted by atomic mass is 9.85. The van der Waals surface area contributed by atoms with Crippen molar-refractivity contribution < 1.29 is 19.1 Å². The first-order valence-corrected chi connectivity index (χ1v) is 11.1. The average molecular weight is 451 g/mol. The minimum atomic E-state index is -0.967. The van der Waals surface area contributed by atoms with Gasteiger partial charge in [0, 0.05) is 11.4 Å². The van der Waals surface area contributed by atoms with Crippen LogP contribution in [0.5, 0.6) is 5.75 Å². The van der Waals surface area contributed by atoms with Crippen molar-refractivity contribution in [3.63, 3.8) is 0 Å². The Morgan fingerprint density at radius 3 is 2.38 bits per heavy atom. The van der Waals surface area contributed by atoms with E-state index in [0.717, 1.165) is 12.0 Å². The maximum absolute atomic E-state index is 13.5. The third-order valence-electron chi connectivity index (χ3n) is 6.81. The first kappa shape index (κ1) is 20.8. The number of hydrogen-bond acceptors (Lipinski definition) is 4. The van der Waals surface area contributed by atoms with E-state index < -0.39 is 11.9 Å². The van der Waals surface area contributed by atoms with Crippen molar-refractivity contribution in [2.75, 3.05) is 12.4 Å². The number of methoxy groups -OCH3 is 1. The van der Waals surface area contributed by atoms with Crippen LogP contribution in [0.15, 0.2) is 60.7 Å². The molecule has 164 valence electrons. The van der Waals surface area contributed by atoms with E-state index in [1.54, 1.807) is 18.2 Å². The van der Waals surface area contributed by atoms with Crippen LogP contribution in [-0.4, -0.2) is 35.8 Å². The molecule has 2 bridgehead atoms. The third-order valence-corrected chi connectivity index (χ3v) is 7.05. The van der Waals surface area contributed by atoms with Crippen LogP contribution in [0.25, 0.3) is 0 Å². The maximum atomic E-state index is 13.5. The van der Waals surface area contributed by atoms with E-state index >= 15 is 0 Å². The van der Waals surface area contributed by atoms with Crippen molar-refractivity contribution >= 4 is 35.0 Å². The summed E-state index contributed by atoms with van der Waals surface area (Å²) < 4.78 is 5.33. The van der Waals surface area contributed by atoms with Gasteiger partial charge < -0.3 is 10.1 Å².